The summed E-state index contributed by atoms with van der Waals surface area (Å²) >= 11 is 0. The van der Waals surface area contributed by atoms with Gasteiger partial charge in [0.15, 0.2) is 5.82 Å². The fraction of sp³-hybridized carbons (Fsp3) is 0.600. The minimum Gasteiger partial charge on any atom is -0.350 e. The van der Waals surface area contributed by atoms with Gasteiger partial charge >= 0.3 is 0 Å². The van der Waals surface area contributed by atoms with Gasteiger partial charge in [-0.25, -0.2) is 9.78 Å². The van der Waals surface area contributed by atoms with Crippen LogP contribution in [0.4, 0.5) is 0 Å². The third-order valence-electron chi connectivity index (χ3n) is 5.89. The zero-order valence-electron chi connectivity index (χ0n) is 17.0. The summed E-state index contributed by atoms with van der Waals surface area (Å²) in [7, 11) is 4.21. The molecule has 0 unspecified atom stereocenters. The number of carbonyl (C=O) groups excluding carboxylic acids is 1. The Kier molecular flexibility index (Phi) is 6.28. The topological polar surface area (TPSA) is 95.9 Å². The van der Waals surface area contributed by atoms with E-state index in [4.69, 9.17) is 0 Å². The third-order valence-corrected chi connectivity index (χ3v) is 5.89. The van der Waals surface area contributed by atoms with Gasteiger partial charge < -0.3 is 10.2 Å². The van der Waals surface area contributed by atoms with Gasteiger partial charge in [-0.15, -0.1) is 0 Å². The molecule has 1 fully saturated rings. The van der Waals surface area contributed by atoms with E-state index in [0.717, 1.165) is 18.5 Å². The Morgan fingerprint density at radius 2 is 1.96 bits per heavy atom. The smallest absolute Gasteiger partial charge is 0.264 e. The minimum atomic E-state index is -0.274. The van der Waals surface area contributed by atoms with Crippen LogP contribution in [0, 0.1) is 0 Å². The van der Waals surface area contributed by atoms with E-state index in [0.29, 0.717) is 24.3 Å². The highest BCUT2D eigenvalue weighted by atomic mass is 16.1. The molecule has 0 radical (unpaired) electrons. The molecule has 1 aliphatic rings. The summed E-state index contributed by atoms with van der Waals surface area (Å²) in [5.41, 5.74) is 1.06. The van der Waals surface area contributed by atoms with Gasteiger partial charge in [0.2, 0.25) is 0 Å². The van der Waals surface area contributed by atoms with Crippen LogP contribution >= 0.6 is 0 Å². The Morgan fingerprint density at radius 3 is 2.54 bits per heavy atom. The van der Waals surface area contributed by atoms with Gasteiger partial charge in [-0.05, 0) is 39.4 Å². The van der Waals surface area contributed by atoms with E-state index in [1.54, 1.807) is 16.9 Å². The van der Waals surface area contributed by atoms with E-state index in [1.165, 1.54) is 31.7 Å². The highest BCUT2D eigenvalue weighted by Gasteiger charge is 2.34. The first-order chi connectivity index (χ1) is 13.5. The quantitative estimate of drug-likeness (QED) is 0.739. The molecule has 1 saturated carbocycles. The number of amides is 1. The predicted molar refractivity (Wildman–Crippen MR) is 108 cm³/mol. The van der Waals surface area contributed by atoms with E-state index < -0.39 is 0 Å². The van der Waals surface area contributed by atoms with Crippen molar-refractivity contribution in [2.75, 3.05) is 20.6 Å². The van der Waals surface area contributed by atoms with Crippen LogP contribution in [0.1, 0.15) is 61.5 Å². The summed E-state index contributed by atoms with van der Waals surface area (Å²) in [5, 5.41) is 13.9. The van der Waals surface area contributed by atoms with Crippen LogP contribution in [0.25, 0.3) is 5.82 Å². The molecule has 28 heavy (non-hydrogen) atoms. The molecule has 0 spiro atoms. The first kappa shape index (κ1) is 20.3. The fourth-order valence-electron chi connectivity index (χ4n) is 4.06. The third kappa shape index (κ3) is 4.16. The summed E-state index contributed by atoms with van der Waals surface area (Å²) in [6, 6.07) is 3.00. The molecule has 1 amide bonds. The molecule has 152 valence electrons. The number of nitrogens with zero attached hydrogens (tertiary/aromatic N) is 4. The monoisotopic (exact) mass is 386 g/mol. The molecule has 2 aromatic rings. The van der Waals surface area contributed by atoms with Gasteiger partial charge in [-0.2, -0.15) is 10.2 Å². The molecule has 0 aliphatic heterocycles. The van der Waals surface area contributed by atoms with Crippen LogP contribution in [-0.4, -0.2) is 57.0 Å². The molecule has 1 aliphatic carbocycles. The number of aromatic nitrogens is 4. The number of H-pyrrole nitrogens is 1. The number of nitrogens with one attached hydrogen (secondary N) is 2. The zero-order valence-corrected chi connectivity index (χ0v) is 17.0. The summed E-state index contributed by atoms with van der Waals surface area (Å²) in [5.74, 6) is 0.377. The summed E-state index contributed by atoms with van der Waals surface area (Å²) in [4.78, 5) is 26.5. The molecule has 2 heterocycles. The highest BCUT2D eigenvalue weighted by Crippen LogP contribution is 2.30. The van der Waals surface area contributed by atoms with Gasteiger partial charge in [-0.3, -0.25) is 9.59 Å². The fourth-order valence-corrected chi connectivity index (χ4v) is 4.06. The number of aromatic amines is 1. The minimum absolute atomic E-state index is 0.00893. The summed E-state index contributed by atoms with van der Waals surface area (Å²) < 4.78 is 1.61. The van der Waals surface area contributed by atoms with Crippen LogP contribution in [0.15, 0.2) is 23.1 Å². The number of carbonyl (C=O) groups is 1. The van der Waals surface area contributed by atoms with Crippen molar-refractivity contribution in [3.63, 3.8) is 0 Å². The van der Waals surface area contributed by atoms with E-state index in [2.05, 4.69) is 39.6 Å². The largest absolute Gasteiger partial charge is 0.350 e. The molecule has 8 nitrogen and oxygen atoms in total. The van der Waals surface area contributed by atoms with Crippen molar-refractivity contribution < 1.29 is 4.79 Å². The van der Waals surface area contributed by atoms with Crippen molar-refractivity contribution >= 4 is 5.91 Å². The van der Waals surface area contributed by atoms with Crippen LogP contribution in [0.5, 0.6) is 0 Å². The second kappa shape index (κ2) is 8.68. The first-order valence-electron chi connectivity index (χ1n) is 10.1. The average molecular weight is 386 g/mol. The lowest BCUT2D eigenvalue weighted by atomic mass is 9.88. The van der Waals surface area contributed by atoms with Crippen LogP contribution in [0.3, 0.4) is 0 Å². The van der Waals surface area contributed by atoms with Crippen LogP contribution in [-0.2, 0) is 6.42 Å². The number of rotatable bonds is 6. The zero-order chi connectivity index (χ0) is 20.1. The normalized spacial score (nSPS) is 16.7. The predicted octanol–water partition coefficient (Wildman–Crippen LogP) is 1.90. The molecule has 2 aromatic heterocycles. The van der Waals surface area contributed by atoms with Gasteiger partial charge in [0.1, 0.15) is 0 Å². The van der Waals surface area contributed by atoms with Crippen molar-refractivity contribution in [1.29, 1.82) is 0 Å². The molecule has 0 aromatic carbocycles. The summed E-state index contributed by atoms with van der Waals surface area (Å²) in [6.07, 6.45) is 9.33. The summed E-state index contributed by atoms with van der Waals surface area (Å²) in [6.45, 7) is 2.60. The lowest BCUT2D eigenvalue weighted by Crippen LogP contribution is -2.52. The van der Waals surface area contributed by atoms with Crippen LogP contribution < -0.4 is 10.9 Å². The molecule has 0 atom stereocenters. The Labute approximate surface area is 165 Å². The Morgan fingerprint density at radius 1 is 1.25 bits per heavy atom. The van der Waals surface area contributed by atoms with Gasteiger partial charge in [0.05, 0.1) is 17.5 Å². The second-order valence-electron chi connectivity index (χ2n) is 7.77. The Bertz CT molecular complexity index is 841. The molecule has 8 heteroatoms. The molecule has 0 bridgehead atoms. The van der Waals surface area contributed by atoms with E-state index >= 15 is 0 Å². The molecule has 3 rings (SSSR count). The van der Waals surface area contributed by atoms with Crippen molar-refractivity contribution in [2.24, 2.45) is 0 Å². The molecule has 0 saturated heterocycles. The number of hydrogen-bond donors (Lipinski definition) is 2. The first-order valence-corrected chi connectivity index (χ1v) is 10.1. The number of hydrogen-bond acceptors (Lipinski definition) is 5. The lowest BCUT2D eigenvalue weighted by molar-refractivity contribution is 0.0868. The maximum Gasteiger partial charge on any atom is 0.264 e. The average Bonchev–Trinajstić information content (AvgIpc) is 2.96. The molecule has 2 N–H and O–H groups in total. The SMILES string of the molecule is CCc1c(C(=O)NCC2(N(C)C)CCCCCC2)cnn1-c1ccc(=O)[nH]n1. The van der Waals surface area contributed by atoms with Gasteiger partial charge in [0, 0.05) is 18.2 Å². The molecular weight excluding hydrogens is 356 g/mol. The van der Waals surface area contributed by atoms with Gasteiger partial charge in [-0.1, -0.05) is 32.6 Å². The van der Waals surface area contributed by atoms with Crippen molar-refractivity contribution in [2.45, 2.75) is 57.4 Å². The van der Waals surface area contributed by atoms with E-state index in [1.807, 2.05) is 6.92 Å². The standard InChI is InChI=1S/C20H30N6O2/c1-4-16-15(13-22-26(16)17-9-10-18(27)24-23-17)19(28)21-14-20(25(2)3)11-7-5-6-8-12-20/h9-10,13H,4-8,11-12,14H2,1-3H3,(H,21,28)(H,24,27). The maximum absolute atomic E-state index is 13.0. The van der Waals surface area contributed by atoms with Crippen LogP contribution in [0.2, 0.25) is 0 Å². The Hall–Kier alpha value is -2.48. The highest BCUT2D eigenvalue weighted by molar-refractivity contribution is 5.95. The second-order valence-corrected chi connectivity index (χ2v) is 7.77. The van der Waals surface area contributed by atoms with Crippen molar-refractivity contribution in [1.82, 2.24) is 30.2 Å². The molecular formula is C20H30N6O2. The van der Waals surface area contributed by atoms with Gasteiger partial charge in [0.25, 0.3) is 11.5 Å². The van der Waals surface area contributed by atoms with Crippen molar-refractivity contribution in [3.8, 4) is 5.82 Å². The van der Waals surface area contributed by atoms with E-state index in [9.17, 15) is 9.59 Å². The van der Waals surface area contributed by atoms with Crippen molar-refractivity contribution in [3.05, 3.63) is 39.9 Å². The number of likely N-dealkylation sites (N-methyl/N-ethyl adjacent to an activating group) is 1. The lowest BCUT2D eigenvalue weighted by Gasteiger charge is -2.39. The van der Waals surface area contributed by atoms with E-state index in [-0.39, 0.29) is 17.0 Å². The maximum atomic E-state index is 13.0. The Balaban J connectivity index is 1.79.